The van der Waals surface area contributed by atoms with Gasteiger partial charge in [0.1, 0.15) is 9.71 Å². The fourth-order valence-electron chi connectivity index (χ4n) is 3.88. The second-order valence-corrected chi connectivity index (χ2v) is 8.23. The third kappa shape index (κ3) is 3.94. The maximum absolute atomic E-state index is 14.1. The molecule has 0 bridgehead atoms. The lowest BCUT2D eigenvalue weighted by molar-refractivity contribution is 0.0955. The first-order valence-electron chi connectivity index (χ1n) is 9.75. The SMILES string of the molecule is Nc1c(C(=O)NCc2cccnc2)sc2nc3c(c(C(F)F)c12)CCCCCC3. The van der Waals surface area contributed by atoms with E-state index in [0.29, 0.717) is 23.2 Å². The molecule has 0 saturated carbocycles. The molecular weight excluding hydrogens is 394 g/mol. The highest BCUT2D eigenvalue weighted by Gasteiger charge is 2.28. The molecule has 8 heteroatoms. The lowest BCUT2D eigenvalue weighted by Gasteiger charge is -2.18. The summed E-state index contributed by atoms with van der Waals surface area (Å²) >= 11 is 1.09. The Bertz CT molecular complexity index is 1040. The van der Waals surface area contributed by atoms with E-state index in [4.69, 9.17) is 5.73 Å². The largest absolute Gasteiger partial charge is 0.397 e. The molecule has 1 aliphatic carbocycles. The first-order chi connectivity index (χ1) is 14.1. The van der Waals surface area contributed by atoms with Gasteiger partial charge in [0.25, 0.3) is 12.3 Å². The van der Waals surface area contributed by atoms with Crippen LogP contribution in [0, 0.1) is 0 Å². The van der Waals surface area contributed by atoms with Crippen molar-refractivity contribution in [3.8, 4) is 0 Å². The molecule has 1 aliphatic rings. The quantitative estimate of drug-likeness (QED) is 0.640. The highest BCUT2D eigenvalue weighted by Crippen LogP contribution is 2.42. The number of aromatic nitrogens is 2. The van der Waals surface area contributed by atoms with Crippen LogP contribution in [0.5, 0.6) is 0 Å². The van der Waals surface area contributed by atoms with E-state index in [1.807, 2.05) is 6.07 Å². The van der Waals surface area contributed by atoms with E-state index in [9.17, 15) is 13.6 Å². The standard InChI is InChI=1S/C21H22F2N4OS/c22-19(23)15-13-7-3-1-2-4-8-14(13)27-21-16(15)17(24)18(29-21)20(28)26-11-12-6-5-9-25-10-12/h5-6,9-10,19H,1-4,7-8,11,24H2,(H,26,28). The van der Waals surface area contributed by atoms with Crippen LogP contribution in [0.15, 0.2) is 24.5 Å². The summed E-state index contributed by atoms with van der Waals surface area (Å²) in [5.41, 5.74) is 8.48. The van der Waals surface area contributed by atoms with Crippen LogP contribution in [0.2, 0.25) is 0 Å². The number of hydrogen-bond acceptors (Lipinski definition) is 5. The third-order valence-electron chi connectivity index (χ3n) is 5.30. The molecule has 0 atom stereocenters. The van der Waals surface area contributed by atoms with Gasteiger partial charge in [0, 0.05) is 35.6 Å². The first kappa shape index (κ1) is 19.7. The van der Waals surface area contributed by atoms with Gasteiger partial charge >= 0.3 is 0 Å². The molecule has 0 spiro atoms. The van der Waals surface area contributed by atoms with Crippen molar-refractivity contribution in [3.05, 3.63) is 51.8 Å². The van der Waals surface area contributed by atoms with Crippen molar-refractivity contribution in [2.24, 2.45) is 0 Å². The number of rotatable bonds is 4. The topological polar surface area (TPSA) is 80.9 Å². The lowest BCUT2D eigenvalue weighted by Crippen LogP contribution is -2.22. The van der Waals surface area contributed by atoms with Gasteiger partial charge in [-0.25, -0.2) is 13.8 Å². The van der Waals surface area contributed by atoms with Crippen molar-refractivity contribution in [2.45, 2.75) is 51.5 Å². The number of nitrogens with zero attached hydrogens (tertiary/aromatic N) is 2. The minimum absolute atomic E-state index is 0.0352. The Balaban J connectivity index is 1.74. The fourth-order valence-corrected chi connectivity index (χ4v) is 4.92. The molecule has 0 unspecified atom stereocenters. The highest BCUT2D eigenvalue weighted by atomic mass is 32.1. The van der Waals surface area contributed by atoms with Crippen molar-refractivity contribution < 1.29 is 13.6 Å². The van der Waals surface area contributed by atoms with Gasteiger partial charge in [-0.1, -0.05) is 18.9 Å². The average molecular weight is 416 g/mol. The summed E-state index contributed by atoms with van der Waals surface area (Å²) in [6, 6.07) is 3.63. The molecule has 1 amide bonds. The van der Waals surface area contributed by atoms with Crippen LogP contribution < -0.4 is 11.1 Å². The fraction of sp³-hybridized carbons (Fsp3) is 0.381. The number of pyridine rings is 2. The molecule has 3 aromatic rings. The number of fused-ring (bicyclic) bond motifs is 2. The van der Waals surface area contributed by atoms with E-state index >= 15 is 0 Å². The number of carbonyl (C=O) groups is 1. The summed E-state index contributed by atoms with van der Waals surface area (Å²) in [6.45, 7) is 0.284. The zero-order valence-corrected chi connectivity index (χ0v) is 16.7. The predicted molar refractivity (Wildman–Crippen MR) is 110 cm³/mol. The molecule has 29 heavy (non-hydrogen) atoms. The predicted octanol–water partition coefficient (Wildman–Crippen LogP) is 4.80. The number of aryl methyl sites for hydroxylation is 1. The monoisotopic (exact) mass is 416 g/mol. The van der Waals surface area contributed by atoms with Gasteiger partial charge < -0.3 is 11.1 Å². The van der Waals surface area contributed by atoms with Crippen molar-refractivity contribution in [1.82, 2.24) is 15.3 Å². The molecule has 152 valence electrons. The maximum Gasteiger partial charge on any atom is 0.264 e. The molecule has 0 radical (unpaired) electrons. The maximum atomic E-state index is 14.1. The molecule has 0 saturated heterocycles. The lowest BCUT2D eigenvalue weighted by atomic mass is 9.92. The van der Waals surface area contributed by atoms with Gasteiger partial charge in [-0.05, 0) is 42.9 Å². The van der Waals surface area contributed by atoms with Crippen molar-refractivity contribution in [2.75, 3.05) is 5.73 Å². The summed E-state index contributed by atoms with van der Waals surface area (Å²) in [5.74, 6) is -0.387. The third-order valence-corrected chi connectivity index (χ3v) is 6.39. The number of carbonyl (C=O) groups excluding carboxylic acids is 1. The van der Waals surface area contributed by atoms with Gasteiger partial charge in [-0.3, -0.25) is 9.78 Å². The Labute approximate surface area is 171 Å². The zero-order valence-electron chi connectivity index (χ0n) is 15.9. The van der Waals surface area contributed by atoms with Crippen LogP contribution in [-0.4, -0.2) is 15.9 Å². The zero-order chi connectivity index (χ0) is 20.4. The number of alkyl halides is 2. The van der Waals surface area contributed by atoms with Gasteiger partial charge in [0.05, 0.1) is 5.69 Å². The minimum atomic E-state index is -2.66. The summed E-state index contributed by atoms with van der Waals surface area (Å²) in [4.78, 5) is 22.0. The van der Waals surface area contributed by atoms with E-state index in [1.165, 1.54) is 0 Å². The molecule has 0 aromatic carbocycles. The summed E-state index contributed by atoms with van der Waals surface area (Å²) in [7, 11) is 0. The average Bonchev–Trinajstić information content (AvgIpc) is 3.02. The molecular formula is C21H22F2N4OS. The molecule has 3 N–H and O–H groups in total. The molecule has 3 heterocycles. The van der Waals surface area contributed by atoms with Gasteiger partial charge in [-0.2, -0.15) is 0 Å². The molecule has 3 aromatic heterocycles. The van der Waals surface area contributed by atoms with Crippen molar-refractivity contribution >= 4 is 33.1 Å². The normalized spacial score (nSPS) is 14.4. The number of anilines is 1. The highest BCUT2D eigenvalue weighted by molar-refractivity contribution is 7.21. The van der Waals surface area contributed by atoms with Crippen LogP contribution in [0.3, 0.4) is 0 Å². The Morgan fingerprint density at radius 1 is 1.24 bits per heavy atom. The number of nitrogens with one attached hydrogen (secondary N) is 1. The Morgan fingerprint density at radius 3 is 2.76 bits per heavy atom. The molecule has 5 nitrogen and oxygen atoms in total. The van der Waals surface area contributed by atoms with Crippen molar-refractivity contribution in [3.63, 3.8) is 0 Å². The van der Waals surface area contributed by atoms with E-state index in [0.717, 1.165) is 48.3 Å². The Hall–Kier alpha value is -2.61. The molecule has 0 aliphatic heterocycles. The van der Waals surface area contributed by atoms with Crippen LogP contribution in [-0.2, 0) is 19.4 Å². The van der Waals surface area contributed by atoms with E-state index in [2.05, 4.69) is 15.3 Å². The number of hydrogen-bond donors (Lipinski definition) is 2. The second-order valence-electron chi connectivity index (χ2n) is 7.23. The number of nitrogen functional groups attached to an aromatic ring is 1. The minimum Gasteiger partial charge on any atom is -0.397 e. The van der Waals surface area contributed by atoms with Gasteiger partial charge in [0.2, 0.25) is 0 Å². The number of thiophene rings is 1. The van der Waals surface area contributed by atoms with Crippen molar-refractivity contribution in [1.29, 1.82) is 0 Å². The summed E-state index contributed by atoms with van der Waals surface area (Å²) in [6.07, 6.45) is 5.83. The molecule has 4 rings (SSSR count). The van der Waals surface area contributed by atoms with Crippen LogP contribution in [0.1, 0.15) is 64.2 Å². The molecule has 0 fully saturated rings. The number of amides is 1. The van der Waals surface area contributed by atoms with E-state index < -0.39 is 6.43 Å². The van der Waals surface area contributed by atoms with E-state index in [-0.39, 0.29) is 34.0 Å². The first-order valence-corrected chi connectivity index (χ1v) is 10.6. The van der Waals surface area contributed by atoms with Crippen LogP contribution in [0.25, 0.3) is 10.2 Å². The van der Waals surface area contributed by atoms with Crippen LogP contribution >= 0.6 is 11.3 Å². The van der Waals surface area contributed by atoms with Gasteiger partial charge in [0.15, 0.2) is 0 Å². The summed E-state index contributed by atoms with van der Waals surface area (Å²) < 4.78 is 28.2. The summed E-state index contributed by atoms with van der Waals surface area (Å²) in [5, 5.41) is 3.04. The smallest absolute Gasteiger partial charge is 0.264 e. The van der Waals surface area contributed by atoms with Crippen LogP contribution in [0.4, 0.5) is 14.5 Å². The van der Waals surface area contributed by atoms with Gasteiger partial charge in [-0.15, -0.1) is 11.3 Å². The Morgan fingerprint density at radius 2 is 2.03 bits per heavy atom. The van der Waals surface area contributed by atoms with E-state index in [1.54, 1.807) is 18.5 Å². The second kappa shape index (κ2) is 8.41. The number of halogens is 2. The Kier molecular flexibility index (Phi) is 5.71. The number of nitrogens with two attached hydrogens (primary N) is 1.